The van der Waals surface area contributed by atoms with Crippen LogP contribution in [0, 0.1) is 19.8 Å². The molecule has 0 spiro atoms. The maximum atomic E-state index is 11.7. The van der Waals surface area contributed by atoms with Gasteiger partial charge in [-0.3, -0.25) is 9.78 Å². The molecule has 2 rings (SSSR count). The summed E-state index contributed by atoms with van der Waals surface area (Å²) in [6, 6.07) is 7.65. The summed E-state index contributed by atoms with van der Waals surface area (Å²) < 4.78 is 5.76. The lowest BCUT2D eigenvalue weighted by molar-refractivity contribution is 0.271. The number of hydrogen-bond acceptors (Lipinski definition) is 5. The van der Waals surface area contributed by atoms with Crippen molar-refractivity contribution in [2.45, 2.75) is 27.7 Å². The lowest BCUT2D eigenvalue weighted by Crippen LogP contribution is -2.15. The highest BCUT2D eigenvalue weighted by atomic mass is 16.5. The van der Waals surface area contributed by atoms with Gasteiger partial charge in [-0.2, -0.15) is 5.10 Å². The third-order valence-electron chi connectivity index (χ3n) is 3.26. The molecule has 2 aromatic rings. The molecule has 0 fully saturated rings. The van der Waals surface area contributed by atoms with E-state index in [4.69, 9.17) is 4.74 Å². The van der Waals surface area contributed by atoms with Crippen LogP contribution in [0.2, 0.25) is 0 Å². The number of rotatable bonds is 6. The van der Waals surface area contributed by atoms with E-state index in [1.807, 2.05) is 24.3 Å². The quantitative estimate of drug-likeness (QED) is 0.635. The van der Waals surface area contributed by atoms with Gasteiger partial charge in [0.05, 0.1) is 12.8 Å². The van der Waals surface area contributed by atoms with Crippen molar-refractivity contribution in [3.8, 4) is 5.75 Å². The first kappa shape index (κ1) is 16.7. The minimum atomic E-state index is -0.170. The molecule has 0 amide bonds. The number of benzene rings is 1. The average Bonchev–Trinajstić information content (AvgIpc) is 2.51. The summed E-state index contributed by atoms with van der Waals surface area (Å²) in [4.78, 5) is 18.6. The number of aromatic amines is 1. The Balaban J connectivity index is 2.10. The smallest absolute Gasteiger partial charge is 0.255 e. The van der Waals surface area contributed by atoms with Crippen LogP contribution in [0.15, 0.2) is 34.2 Å². The highest BCUT2D eigenvalue weighted by Crippen LogP contribution is 2.16. The predicted octanol–water partition coefficient (Wildman–Crippen LogP) is 2.87. The van der Waals surface area contributed by atoms with Crippen molar-refractivity contribution < 1.29 is 4.74 Å². The van der Waals surface area contributed by atoms with Crippen molar-refractivity contribution in [1.82, 2.24) is 9.97 Å². The van der Waals surface area contributed by atoms with Crippen molar-refractivity contribution >= 4 is 12.2 Å². The number of hydrazone groups is 1. The van der Waals surface area contributed by atoms with Crippen molar-refractivity contribution in [2.75, 3.05) is 12.0 Å². The van der Waals surface area contributed by atoms with Crippen LogP contribution in [-0.2, 0) is 0 Å². The van der Waals surface area contributed by atoms with Gasteiger partial charge >= 0.3 is 0 Å². The number of para-hydroxylation sites is 1. The van der Waals surface area contributed by atoms with Crippen molar-refractivity contribution in [3.05, 3.63) is 51.4 Å². The number of nitrogens with zero attached hydrogens (tertiary/aromatic N) is 2. The van der Waals surface area contributed by atoms with Gasteiger partial charge in [-0.15, -0.1) is 0 Å². The van der Waals surface area contributed by atoms with Crippen LogP contribution in [0.1, 0.15) is 30.7 Å². The van der Waals surface area contributed by atoms with Gasteiger partial charge in [-0.1, -0.05) is 26.0 Å². The maximum absolute atomic E-state index is 11.7. The summed E-state index contributed by atoms with van der Waals surface area (Å²) in [7, 11) is 0. The first-order valence-corrected chi connectivity index (χ1v) is 7.55. The third kappa shape index (κ3) is 4.67. The first-order chi connectivity index (χ1) is 11.0. The van der Waals surface area contributed by atoms with Gasteiger partial charge in [0, 0.05) is 16.8 Å². The van der Waals surface area contributed by atoms with Gasteiger partial charge in [0.1, 0.15) is 5.75 Å². The van der Waals surface area contributed by atoms with Crippen LogP contribution in [-0.4, -0.2) is 22.8 Å². The molecule has 0 aliphatic rings. The van der Waals surface area contributed by atoms with Gasteiger partial charge in [-0.05, 0) is 31.9 Å². The summed E-state index contributed by atoms with van der Waals surface area (Å²) in [5, 5.41) is 4.12. The third-order valence-corrected chi connectivity index (χ3v) is 3.26. The van der Waals surface area contributed by atoms with Crippen LogP contribution in [0.25, 0.3) is 0 Å². The van der Waals surface area contributed by atoms with Gasteiger partial charge in [0.25, 0.3) is 5.56 Å². The molecule has 0 saturated heterocycles. The minimum Gasteiger partial charge on any atom is -0.493 e. The number of aromatic nitrogens is 2. The lowest BCUT2D eigenvalue weighted by Gasteiger charge is -2.10. The van der Waals surface area contributed by atoms with Gasteiger partial charge in [0.2, 0.25) is 5.95 Å². The summed E-state index contributed by atoms with van der Waals surface area (Å²) in [6.07, 6.45) is 1.64. The second-order valence-electron chi connectivity index (χ2n) is 5.74. The summed E-state index contributed by atoms with van der Waals surface area (Å²) in [5.74, 6) is 1.53. The highest BCUT2D eigenvalue weighted by Gasteiger charge is 2.04. The molecule has 6 nitrogen and oxygen atoms in total. The van der Waals surface area contributed by atoms with Crippen LogP contribution < -0.4 is 15.7 Å². The van der Waals surface area contributed by atoms with Gasteiger partial charge in [-0.25, -0.2) is 10.4 Å². The molecule has 0 atom stereocenters. The van der Waals surface area contributed by atoms with Crippen molar-refractivity contribution in [2.24, 2.45) is 11.0 Å². The topological polar surface area (TPSA) is 79.4 Å². The fraction of sp³-hybridized carbons (Fsp3) is 0.353. The Labute approximate surface area is 135 Å². The zero-order valence-electron chi connectivity index (χ0n) is 13.9. The van der Waals surface area contributed by atoms with E-state index in [1.165, 1.54) is 0 Å². The number of H-pyrrole nitrogens is 1. The Kier molecular flexibility index (Phi) is 5.51. The number of hydrogen-bond donors (Lipinski definition) is 2. The van der Waals surface area contributed by atoms with E-state index >= 15 is 0 Å². The first-order valence-electron chi connectivity index (χ1n) is 7.55. The molecule has 1 aromatic heterocycles. The summed E-state index contributed by atoms with van der Waals surface area (Å²) >= 11 is 0. The second-order valence-corrected chi connectivity index (χ2v) is 5.74. The summed E-state index contributed by atoms with van der Waals surface area (Å²) in [6.45, 7) is 8.36. The number of ether oxygens (including phenoxy) is 1. The Morgan fingerprint density at radius 2 is 2.09 bits per heavy atom. The molecule has 0 unspecified atom stereocenters. The lowest BCUT2D eigenvalue weighted by atomic mass is 10.2. The molecule has 122 valence electrons. The van der Waals surface area contributed by atoms with E-state index in [1.54, 1.807) is 20.1 Å². The van der Waals surface area contributed by atoms with Gasteiger partial charge < -0.3 is 4.74 Å². The fourth-order valence-electron chi connectivity index (χ4n) is 1.84. The number of anilines is 1. The Morgan fingerprint density at radius 1 is 1.35 bits per heavy atom. The summed E-state index contributed by atoms with van der Waals surface area (Å²) in [5.41, 5.74) is 4.70. The van der Waals surface area contributed by atoms with E-state index in [0.717, 1.165) is 11.3 Å². The molecule has 0 saturated carbocycles. The molecule has 1 heterocycles. The van der Waals surface area contributed by atoms with Gasteiger partial charge in [0.15, 0.2) is 0 Å². The molecule has 0 bridgehead atoms. The molecule has 23 heavy (non-hydrogen) atoms. The molecule has 0 aliphatic heterocycles. The Morgan fingerprint density at radius 3 is 2.78 bits per heavy atom. The fourth-order valence-corrected chi connectivity index (χ4v) is 1.84. The zero-order chi connectivity index (χ0) is 16.8. The Hall–Kier alpha value is -2.63. The normalized spacial score (nSPS) is 11.2. The largest absolute Gasteiger partial charge is 0.493 e. The standard InChI is InChI=1S/C17H22N4O2/c1-11(2)10-23-15-8-6-5-7-14(15)9-18-21-17-19-13(4)12(3)16(22)20-17/h5-9,11H,10H2,1-4H3,(H2,19,20,21,22)/b18-9-. The SMILES string of the molecule is Cc1nc(N/N=C\c2ccccc2OCC(C)C)[nH]c(=O)c1C. The molecule has 0 aliphatic carbocycles. The second kappa shape index (κ2) is 7.58. The number of aryl methyl sites for hydroxylation is 1. The van der Waals surface area contributed by atoms with E-state index in [9.17, 15) is 4.79 Å². The highest BCUT2D eigenvalue weighted by molar-refractivity contribution is 5.83. The minimum absolute atomic E-state index is 0.170. The molecule has 1 aromatic carbocycles. The van der Waals surface area contributed by atoms with Crippen LogP contribution in [0.4, 0.5) is 5.95 Å². The maximum Gasteiger partial charge on any atom is 0.255 e. The zero-order valence-corrected chi connectivity index (χ0v) is 13.9. The van der Waals surface area contributed by atoms with E-state index in [0.29, 0.717) is 29.7 Å². The molecule has 2 N–H and O–H groups in total. The van der Waals surface area contributed by atoms with Crippen LogP contribution >= 0.6 is 0 Å². The molecular formula is C17H22N4O2. The van der Waals surface area contributed by atoms with Crippen LogP contribution in [0.5, 0.6) is 5.75 Å². The van der Waals surface area contributed by atoms with E-state index in [-0.39, 0.29) is 5.56 Å². The van der Waals surface area contributed by atoms with Crippen LogP contribution in [0.3, 0.4) is 0 Å². The Bertz CT molecular complexity index is 750. The molecular weight excluding hydrogens is 292 g/mol. The van der Waals surface area contributed by atoms with E-state index in [2.05, 4.69) is 34.3 Å². The average molecular weight is 314 g/mol. The molecule has 6 heteroatoms. The van der Waals surface area contributed by atoms with Crippen molar-refractivity contribution in [3.63, 3.8) is 0 Å². The van der Waals surface area contributed by atoms with E-state index < -0.39 is 0 Å². The van der Waals surface area contributed by atoms with Crippen molar-refractivity contribution in [1.29, 1.82) is 0 Å². The predicted molar refractivity (Wildman–Crippen MR) is 92.3 cm³/mol. The number of nitrogens with one attached hydrogen (secondary N) is 2. The molecule has 0 radical (unpaired) electrons. The monoisotopic (exact) mass is 314 g/mol.